The molecule has 0 aliphatic carbocycles. The van der Waals surface area contributed by atoms with E-state index in [0.29, 0.717) is 6.42 Å². The second-order valence-corrected chi connectivity index (χ2v) is 3.02. The van der Waals surface area contributed by atoms with Crippen LogP contribution in [0.1, 0.15) is 20.3 Å². The van der Waals surface area contributed by atoms with Gasteiger partial charge in [-0.3, -0.25) is 0 Å². The number of hydrogen-bond acceptors (Lipinski definition) is 2. The molecule has 0 aliphatic heterocycles. The van der Waals surface area contributed by atoms with E-state index >= 15 is 0 Å². The molecule has 0 aromatic heterocycles. The van der Waals surface area contributed by atoms with Crippen LogP contribution in [-0.2, 0) is 4.79 Å². The van der Waals surface area contributed by atoms with Gasteiger partial charge in [-0.1, -0.05) is 31.5 Å². The molecule has 2 nitrogen and oxygen atoms in total. The van der Waals surface area contributed by atoms with E-state index in [1.165, 1.54) is 5.54 Å². The van der Waals surface area contributed by atoms with Gasteiger partial charge in [0.05, 0.1) is 0 Å². The van der Waals surface area contributed by atoms with Crippen molar-refractivity contribution in [1.29, 1.82) is 0 Å². The van der Waals surface area contributed by atoms with Crippen LogP contribution in [0.15, 0.2) is 11.6 Å². The minimum Gasteiger partial charge on any atom is -0.550 e. The van der Waals surface area contributed by atoms with Crippen LogP contribution < -0.4 is 5.11 Å². The predicted octanol–water partition coefficient (Wildman–Crippen LogP) is 1.15. The molecule has 11 heavy (non-hydrogen) atoms. The van der Waals surface area contributed by atoms with Gasteiger partial charge in [0, 0.05) is 17.4 Å². The number of carboxylic acids is 1. The number of carbonyl (C=O) groups is 1. The highest BCUT2D eigenvalue weighted by Gasteiger charge is 2.11. The molecular formula is C8H12ClO2-. The summed E-state index contributed by atoms with van der Waals surface area (Å²) in [7, 11) is 0. The van der Waals surface area contributed by atoms with Gasteiger partial charge in [0.1, 0.15) is 0 Å². The number of aliphatic carboxylic acids is 1. The van der Waals surface area contributed by atoms with Crippen molar-refractivity contribution in [2.75, 3.05) is 0 Å². The molecule has 0 aromatic rings. The van der Waals surface area contributed by atoms with E-state index in [4.69, 9.17) is 11.6 Å². The lowest BCUT2D eigenvalue weighted by molar-refractivity contribution is -0.312. The zero-order valence-electron chi connectivity index (χ0n) is 6.71. The van der Waals surface area contributed by atoms with E-state index in [1.54, 1.807) is 6.08 Å². The van der Waals surface area contributed by atoms with Crippen LogP contribution in [0.3, 0.4) is 0 Å². The molecule has 1 unspecified atom stereocenters. The van der Waals surface area contributed by atoms with Crippen LogP contribution in [0, 0.1) is 11.8 Å². The van der Waals surface area contributed by atoms with Crippen LogP contribution in [-0.4, -0.2) is 5.97 Å². The quantitative estimate of drug-likeness (QED) is 0.643. The Balaban J connectivity index is 4.00. The number of hydrogen-bond donors (Lipinski definition) is 0. The summed E-state index contributed by atoms with van der Waals surface area (Å²) in [6.07, 6.45) is 2.07. The molecule has 1 atom stereocenters. The third-order valence-electron chi connectivity index (χ3n) is 1.59. The van der Waals surface area contributed by atoms with Crippen LogP contribution >= 0.6 is 11.6 Å². The van der Waals surface area contributed by atoms with Gasteiger partial charge in [-0.15, -0.1) is 0 Å². The Morgan fingerprint density at radius 2 is 2.18 bits per heavy atom. The molecule has 0 radical (unpaired) electrons. The molecule has 64 valence electrons. The maximum absolute atomic E-state index is 10.5. The predicted molar refractivity (Wildman–Crippen MR) is 42.9 cm³/mol. The summed E-state index contributed by atoms with van der Waals surface area (Å²) in [5, 5.41) is 10.5. The van der Waals surface area contributed by atoms with E-state index in [1.807, 2.05) is 13.8 Å². The molecular weight excluding hydrogens is 164 g/mol. The van der Waals surface area contributed by atoms with Crippen molar-refractivity contribution in [2.24, 2.45) is 11.8 Å². The standard InChI is InChI=1S/C8H13ClO2/c1-6(2)7(8(10)11)4-3-5-9/h3,5-7H,4H2,1-2H3,(H,10,11)/p-1/b5-3+. The average Bonchev–Trinajstić information content (AvgIpc) is 1.87. The first-order chi connectivity index (χ1) is 5.09. The van der Waals surface area contributed by atoms with Gasteiger partial charge in [0.25, 0.3) is 0 Å². The molecule has 0 rings (SSSR count). The van der Waals surface area contributed by atoms with Crippen molar-refractivity contribution >= 4 is 17.6 Å². The number of halogens is 1. The maximum Gasteiger partial charge on any atom is 0.0450 e. The Morgan fingerprint density at radius 1 is 1.64 bits per heavy atom. The van der Waals surface area contributed by atoms with E-state index in [9.17, 15) is 9.90 Å². The molecule has 0 N–H and O–H groups in total. The van der Waals surface area contributed by atoms with Gasteiger partial charge in [0.15, 0.2) is 0 Å². The fourth-order valence-corrected chi connectivity index (χ4v) is 0.941. The minimum absolute atomic E-state index is 0.0906. The van der Waals surface area contributed by atoms with Crippen molar-refractivity contribution < 1.29 is 9.90 Å². The summed E-state index contributed by atoms with van der Waals surface area (Å²) in [6.45, 7) is 3.70. The lowest BCUT2D eigenvalue weighted by Gasteiger charge is -2.19. The monoisotopic (exact) mass is 175 g/mol. The Bertz CT molecular complexity index is 152. The molecule has 0 fully saturated rings. The van der Waals surface area contributed by atoms with E-state index in [-0.39, 0.29) is 5.92 Å². The number of carboxylic acid groups (broad SMARTS) is 1. The van der Waals surface area contributed by atoms with E-state index < -0.39 is 11.9 Å². The lowest BCUT2D eigenvalue weighted by Crippen LogP contribution is -2.34. The topological polar surface area (TPSA) is 40.1 Å². The first-order valence-corrected chi connectivity index (χ1v) is 3.99. The molecule has 0 aliphatic rings. The summed E-state index contributed by atoms with van der Waals surface area (Å²) in [6, 6.07) is 0. The van der Waals surface area contributed by atoms with Crippen molar-refractivity contribution in [3.05, 3.63) is 11.6 Å². The van der Waals surface area contributed by atoms with Crippen LogP contribution in [0.4, 0.5) is 0 Å². The Kier molecular flexibility index (Phi) is 4.95. The normalized spacial score (nSPS) is 14.2. The van der Waals surface area contributed by atoms with Gasteiger partial charge >= 0.3 is 0 Å². The van der Waals surface area contributed by atoms with Gasteiger partial charge in [-0.2, -0.15) is 0 Å². The van der Waals surface area contributed by atoms with E-state index in [2.05, 4.69) is 0 Å². The second kappa shape index (κ2) is 5.19. The Hall–Kier alpha value is -0.500. The third kappa shape index (κ3) is 4.04. The van der Waals surface area contributed by atoms with Gasteiger partial charge < -0.3 is 9.90 Å². The fraction of sp³-hybridized carbons (Fsp3) is 0.625. The van der Waals surface area contributed by atoms with Crippen LogP contribution in [0.25, 0.3) is 0 Å². The summed E-state index contributed by atoms with van der Waals surface area (Å²) < 4.78 is 0. The molecule has 0 aromatic carbocycles. The van der Waals surface area contributed by atoms with Crippen molar-refractivity contribution in [2.45, 2.75) is 20.3 Å². The zero-order valence-corrected chi connectivity index (χ0v) is 7.47. The molecule has 0 bridgehead atoms. The summed E-state index contributed by atoms with van der Waals surface area (Å²) in [5.74, 6) is -1.34. The Morgan fingerprint density at radius 3 is 2.45 bits per heavy atom. The lowest BCUT2D eigenvalue weighted by atomic mass is 9.93. The SMILES string of the molecule is CC(C)C(C/C=C/Cl)C(=O)[O-]. The second-order valence-electron chi connectivity index (χ2n) is 2.77. The summed E-state index contributed by atoms with van der Waals surface area (Å²) in [4.78, 5) is 10.5. The highest BCUT2D eigenvalue weighted by molar-refractivity contribution is 6.25. The van der Waals surface area contributed by atoms with Crippen LogP contribution in [0.2, 0.25) is 0 Å². The molecule has 0 amide bonds. The van der Waals surface area contributed by atoms with Crippen LogP contribution in [0.5, 0.6) is 0 Å². The van der Waals surface area contributed by atoms with Crippen molar-refractivity contribution in [3.8, 4) is 0 Å². The zero-order chi connectivity index (χ0) is 8.85. The van der Waals surface area contributed by atoms with Gasteiger partial charge in [0.2, 0.25) is 0 Å². The Labute approximate surface area is 71.9 Å². The maximum atomic E-state index is 10.5. The summed E-state index contributed by atoms with van der Waals surface area (Å²) in [5.41, 5.74) is 1.33. The molecule has 3 heteroatoms. The fourth-order valence-electron chi connectivity index (χ4n) is 0.839. The first-order valence-electron chi connectivity index (χ1n) is 3.55. The molecule has 0 heterocycles. The highest BCUT2D eigenvalue weighted by Crippen LogP contribution is 2.14. The molecule has 0 saturated heterocycles. The minimum atomic E-state index is -1.00. The number of allylic oxidation sites excluding steroid dienone is 1. The third-order valence-corrected chi connectivity index (χ3v) is 1.76. The van der Waals surface area contributed by atoms with E-state index in [0.717, 1.165) is 0 Å². The van der Waals surface area contributed by atoms with Crippen molar-refractivity contribution in [1.82, 2.24) is 0 Å². The summed E-state index contributed by atoms with van der Waals surface area (Å²) >= 11 is 5.26. The average molecular weight is 176 g/mol. The highest BCUT2D eigenvalue weighted by atomic mass is 35.5. The largest absolute Gasteiger partial charge is 0.550 e. The molecule has 0 spiro atoms. The number of rotatable bonds is 4. The first kappa shape index (κ1) is 10.5. The van der Waals surface area contributed by atoms with Crippen molar-refractivity contribution in [3.63, 3.8) is 0 Å². The molecule has 0 saturated carbocycles. The number of carbonyl (C=O) groups excluding carboxylic acids is 1. The van der Waals surface area contributed by atoms with Gasteiger partial charge in [-0.05, 0) is 12.3 Å². The van der Waals surface area contributed by atoms with Gasteiger partial charge in [-0.25, -0.2) is 0 Å². The smallest absolute Gasteiger partial charge is 0.0450 e.